The van der Waals surface area contributed by atoms with Crippen LogP contribution in [0.1, 0.15) is 13.8 Å². The number of rotatable bonds is 5. The van der Waals surface area contributed by atoms with Crippen molar-refractivity contribution in [2.24, 2.45) is 0 Å². The largest absolute Gasteiger partial charge is 0.478 e. The van der Waals surface area contributed by atoms with Gasteiger partial charge in [-0.2, -0.15) is 0 Å². The Bertz CT molecular complexity index is 334. The van der Waals surface area contributed by atoms with E-state index in [-0.39, 0.29) is 0 Å². The molecule has 0 rings (SSSR count). The first-order valence-corrected chi connectivity index (χ1v) is 4.44. The van der Waals surface area contributed by atoms with E-state index in [9.17, 15) is 19.2 Å². The van der Waals surface area contributed by atoms with Gasteiger partial charge in [-0.15, -0.1) is 0 Å². The predicted octanol–water partition coefficient (Wildman–Crippen LogP) is -0.893. The highest BCUT2D eigenvalue weighted by Gasteiger charge is 2.40. The number of carbonyl (C=O) groups is 4. The minimum Gasteiger partial charge on any atom is -0.478 e. The highest BCUT2D eigenvalue weighted by molar-refractivity contribution is 5.88. The fourth-order valence-corrected chi connectivity index (χ4v) is 0.949. The highest BCUT2D eigenvalue weighted by Crippen LogP contribution is 2.08. The van der Waals surface area contributed by atoms with Crippen LogP contribution in [0.25, 0.3) is 0 Å². The van der Waals surface area contributed by atoms with Gasteiger partial charge in [-0.1, -0.05) is 0 Å². The minimum absolute atomic E-state index is 0.904. The van der Waals surface area contributed by atoms with Gasteiger partial charge in [0.2, 0.25) is 12.2 Å². The van der Waals surface area contributed by atoms with Gasteiger partial charge in [-0.25, -0.2) is 9.59 Å². The lowest BCUT2D eigenvalue weighted by atomic mass is 10.2. The van der Waals surface area contributed by atoms with E-state index in [4.69, 9.17) is 5.11 Å². The van der Waals surface area contributed by atoms with Crippen molar-refractivity contribution in [2.45, 2.75) is 26.1 Å². The van der Waals surface area contributed by atoms with Gasteiger partial charge >= 0.3 is 23.9 Å². The van der Waals surface area contributed by atoms with Crippen molar-refractivity contribution >= 4 is 23.9 Å². The Morgan fingerprint density at radius 3 is 1.65 bits per heavy atom. The molecule has 0 saturated carbocycles. The number of carbonyl (C=O) groups excluding carboxylic acids is 3. The second-order valence-electron chi connectivity index (χ2n) is 2.92. The lowest BCUT2D eigenvalue weighted by molar-refractivity contribution is -0.187. The van der Waals surface area contributed by atoms with Gasteiger partial charge in [0.1, 0.15) is 0 Å². The Morgan fingerprint density at radius 1 is 0.941 bits per heavy atom. The Hall–Kier alpha value is -2.12. The fourth-order valence-electron chi connectivity index (χ4n) is 0.949. The Morgan fingerprint density at radius 2 is 1.35 bits per heavy atom. The molecule has 2 unspecified atom stereocenters. The maximum absolute atomic E-state index is 11.2. The first-order chi connectivity index (χ1) is 7.79. The predicted molar refractivity (Wildman–Crippen MR) is 50.8 cm³/mol. The molecule has 0 radical (unpaired) electrons. The lowest BCUT2D eigenvalue weighted by Crippen LogP contribution is -2.45. The molecule has 0 amide bonds. The zero-order valence-corrected chi connectivity index (χ0v) is 9.46. The van der Waals surface area contributed by atoms with Gasteiger partial charge in [0.25, 0.3) is 0 Å². The number of carboxylic acid groups (broad SMARTS) is 1. The lowest BCUT2D eigenvalue weighted by Gasteiger charge is -2.20. The first kappa shape index (κ1) is 14.9. The molecule has 0 aromatic rings. The van der Waals surface area contributed by atoms with Crippen LogP contribution in [0.15, 0.2) is 0 Å². The number of hydrogen-bond donors (Lipinski definition) is 1. The smallest absolute Gasteiger partial charge is 0.351 e. The van der Waals surface area contributed by atoms with Crippen LogP contribution in [0.3, 0.4) is 0 Å². The second-order valence-corrected chi connectivity index (χ2v) is 2.92. The number of aliphatic carboxylic acids is 1. The third kappa shape index (κ3) is 4.96. The molecule has 0 spiro atoms. The van der Waals surface area contributed by atoms with Gasteiger partial charge in [-0.3, -0.25) is 9.59 Å². The molecule has 8 heteroatoms. The average molecular weight is 248 g/mol. The van der Waals surface area contributed by atoms with Crippen molar-refractivity contribution in [3.8, 4) is 0 Å². The summed E-state index contributed by atoms with van der Waals surface area (Å²) in [7, 11) is 0.978. The van der Waals surface area contributed by atoms with Gasteiger partial charge in [0.05, 0.1) is 7.11 Å². The summed E-state index contributed by atoms with van der Waals surface area (Å²) in [6.07, 6.45) is -3.78. The van der Waals surface area contributed by atoms with Crippen LogP contribution >= 0.6 is 0 Å². The maximum Gasteiger partial charge on any atom is 0.351 e. The van der Waals surface area contributed by atoms with Gasteiger partial charge in [0, 0.05) is 13.8 Å². The van der Waals surface area contributed by atoms with Crippen LogP contribution in [-0.4, -0.2) is 48.3 Å². The summed E-state index contributed by atoms with van der Waals surface area (Å²) in [5, 5.41) is 8.77. The molecule has 96 valence electrons. The Kier molecular flexibility index (Phi) is 5.65. The van der Waals surface area contributed by atoms with Crippen LogP contribution in [-0.2, 0) is 33.4 Å². The first-order valence-electron chi connectivity index (χ1n) is 4.44. The normalized spacial score (nSPS) is 13.1. The number of esters is 3. The molecule has 1 N–H and O–H groups in total. The molecule has 17 heavy (non-hydrogen) atoms. The van der Waals surface area contributed by atoms with E-state index in [0.717, 1.165) is 21.0 Å². The molecule has 0 fully saturated rings. The van der Waals surface area contributed by atoms with Gasteiger partial charge in [-0.05, 0) is 0 Å². The Balaban J connectivity index is 5.05. The van der Waals surface area contributed by atoms with Gasteiger partial charge in [0.15, 0.2) is 0 Å². The molecule has 0 aromatic heterocycles. The van der Waals surface area contributed by atoms with Crippen LogP contribution < -0.4 is 0 Å². The summed E-state index contributed by atoms with van der Waals surface area (Å²) < 4.78 is 13.1. The van der Waals surface area contributed by atoms with Crippen LogP contribution in [0.5, 0.6) is 0 Å². The number of methoxy groups -OCH3 is 1. The van der Waals surface area contributed by atoms with Crippen molar-refractivity contribution < 1.29 is 38.5 Å². The zero-order chi connectivity index (χ0) is 13.6. The molecule has 0 aliphatic heterocycles. The van der Waals surface area contributed by atoms with Gasteiger partial charge < -0.3 is 19.3 Å². The molecule has 0 aliphatic carbocycles. The summed E-state index contributed by atoms with van der Waals surface area (Å²) in [4.78, 5) is 43.4. The third-order valence-electron chi connectivity index (χ3n) is 1.54. The molecule has 0 bridgehead atoms. The van der Waals surface area contributed by atoms with E-state index in [1.807, 2.05) is 0 Å². The number of hydrogen-bond acceptors (Lipinski definition) is 7. The molecule has 0 aromatic carbocycles. The van der Waals surface area contributed by atoms with Crippen molar-refractivity contribution in [1.29, 1.82) is 0 Å². The van der Waals surface area contributed by atoms with Crippen LogP contribution in [0.2, 0.25) is 0 Å². The van der Waals surface area contributed by atoms with Crippen LogP contribution in [0.4, 0.5) is 0 Å². The topological polar surface area (TPSA) is 116 Å². The summed E-state index contributed by atoms with van der Waals surface area (Å²) in [5.74, 6) is -4.59. The van der Waals surface area contributed by atoms with E-state index in [1.165, 1.54) is 0 Å². The van der Waals surface area contributed by atoms with E-state index in [0.29, 0.717) is 0 Å². The van der Waals surface area contributed by atoms with Crippen LogP contribution in [0, 0.1) is 0 Å². The average Bonchev–Trinajstić information content (AvgIpc) is 2.21. The SMILES string of the molecule is COC(=O)C(OC(C)=O)C(OC(C)=O)C(=O)O. The molecule has 0 aliphatic rings. The molecular formula is C9H12O8. The van der Waals surface area contributed by atoms with E-state index in [1.54, 1.807) is 0 Å². The number of carboxylic acids is 1. The summed E-state index contributed by atoms with van der Waals surface area (Å²) in [6, 6.07) is 0. The second kappa shape index (κ2) is 6.46. The Labute approximate surface area is 96.4 Å². The quantitative estimate of drug-likeness (QED) is 0.491. The fraction of sp³-hybridized carbons (Fsp3) is 0.556. The number of ether oxygens (including phenoxy) is 3. The highest BCUT2D eigenvalue weighted by atomic mass is 16.6. The molecule has 8 nitrogen and oxygen atoms in total. The third-order valence-corrected chi connectivity index (χ3v) is 1.54. The summed E-state index contributed by atoms with van der Waals surface area (Å²) in [5.41, 5.74) is 0. The van der Waals surface area contributed by atoms with Crippen molar-refractivity contribution in [3.05, 3.63) is 0 Å². The van der Waals surface area contributed by atoms with E-state index < -0.39 is 36.1 Å². The zero-order valence-electron chi connectivity index (χ0n) is 9.46. The standard InChI is InChI=1S/C9H12O8/c1-4(10)16-6(8(12)13)7(9(14)15-3)17-5(2)11/h6-7H,1-3H3,(H,12,13). The molecular weight excluding hydrogens is 236 g/mol. The van der Waals surface area contributed by atoms with Crippen molar-refractivity contribution in [1.82, 2.24) is 0 Å². The van der Waals surface area contributed by atoms with E-state index in [2.05, 4.69) is 14.2 Å². The monoisotopic (exact) mass is 248 g/mol. The van der Waals surface area contributed by atoms with E-state index >= 15 is 0 Å². The molecule has 2 atom stereocenters. The van der Waals surface area contributed by atoms with Crippen molar-refractivity contribution in [3.63, 3.8) is 0 Å². The molecule has 0 saturated heterocycles. The van der Waals surface area contributed by atoms with Crippen molar-refractivity contribution in [2.75, 3.05) is 7.11 Å². The summed E-state index contributed by atoms with van der Waals surface area (Å²) >= 11 is 0. The molecule has 0 heterocycles. The maximum atomic E-state index is 11.2. The minimum atomic E-state index is -1.94. The summed E-state index contributed by atoms with van der Waals surface area (Å²) in [6.45, 7) is 1.93.